The summed E-state index contributed by atoms with van der Waals surface area (Å²) in [5, 5.41) is 16.3. The molecule has 1 aromatic carbocycles. The van der Waals surface area contributed by atoms with Crippen LogP contribution in [0.25, 0.3) is 0 Å². The molecule has 0 saturated carbocycles. The Labute approximate surface area is 121 Å². The van der Waals surface area contributed by atoms with E-state index >= 15 is 0 Å². The number of nitrogens with zero attached hydrogens (tertiary/aromatic N) is 3. The molecule has 0 amide bonds. The quantitative estimate of drug-likeness (QED) is 0.655. The lowest BCUT2D eigenvalue weighted by Crippen LogP contribution is -2.06. The standard InChI is InChI=1S/C11H9BrFN5O2/c1-14-10-9(18(19)20)11(16-5-15-10)17-8-3-2-6(12)4-7(8)13/h2-5H,1H3,(H2,14,15,16,17). The lowest BCUT2D eigenvalue weighted by molar-refractivity contribution is -0.383. The topological polar surface area (TPSA) is 93.0 Å². The van der Waals surface area contributed by atoms with Crippen molar-refractivity contribution in [2.75, 3.05) is 17.7 Å². The molecule has 20 heavy (non-hydrogen) atoms. The molecule has 0 saturated heterocycles. The molecule has 0 aliphatic heterocycles. The van der Waals surface area contributed by atoms with Crippen LogP contribution < -0.4 is 10.6 Å². The summed E-state index contributed by atoms with van der Waals surface area (Å²) in [5.41, 5.74) is -0.269. The van der Waals surface area contributed by atoms with Crippen LogP contribution >= 0.6 is 15.9 Å². The number of benzene rings is 1. The summed E-state index contributed by atoms with van der Waals surface area (Å²) in [7, 11) is 1.50. The van der Waals surface area contributed by atoms with E-state index in [0.29, 0.717) is 4.47 Å². The molecule has 2 rings (SSSR count). The molecule has 104 valence electrons. The lowest BCUT2D eigenvalue weighted by atomic mass is 10.3. The summed E-state index contributed by atoms with van der Waals surface area (Å²) in [4.78, 5) is 18.0. The maximum Gasteiger partial charge on any atom is 0.353 e. The fourth-order valence-electron chi connectivity index (χ4n) is 1.54. The number of anilines is 3. The summed E-state index contributed by atoms with van der Waals surface area (Å²) in [6.07, 6.45) is 1.15. The zero-order valence-corrected chi connectivity index (χ0v) is 11.8. The largest absolute Gasteiger partial charge is 0.367 e. The van der Waals surface area contributed by atoms with Crippen LogP contribution in [0.2, 0.25) is 0 Å². The first-order valence-corrected chi connectivity index (χ1v) is 6.21. The van der Waals surface area contributed by atoms with Crippen molar-refractivity contribution in [3.05, 3.63) is 44.9 Å². The van der Waals surface area contributed by atoms with Crippen LogP contribution in [0.4, 0.5) is 27.4 Å². The SMILES string of the molecule is CNc1ncnc(Nc2ccc(Br)cc2F)c1[N+](=O)[O-]. The Morgan fingerprint density at radius 1 is 1.35 bits per heavy atom. The Morgan fingerprint density at radius 2 is 2.05 bits per heavy atom. The Bertz CT molecular complexity index is 667. The zero-order valence-electron chi connectivity index (χ0n) is 10.2. The molecule has 2 aromatic rings. The Hall–Kier alpha value is -2.29. The number of nitrogens with one attached hydrogen (secondary N) is 2. The molecule has 1 aromatic heterocycles. The van der Waals surface area contributed by atoms with E-state index in [-0.39, 0.29) is 23.0 Å². The van der Waals surface area contributed by atoms with Crippen molar-refractivity contribution in [1.29, 1.82) is 0 Å². The van der Waals surface area contributed by atoms with Gasteiger partial charge in [0.15, 0.2) is 0 Å². The lowest BCUT2D eigenvalue weighted by Gasteiger charge is -2.09. The van der Waals surface area contributed by atoms with E-state index in [1.54, 1.807) is 6.07 Å². The van der Waals surface area contributed by atoms with Gasteiger partial charge < -0.3 is 10.6 Å². The van der Waals surface area contributed by atoms with Gasteiger partial charge in [-0.05, 0) is 18.2 Å². The number of rotatable bonds is 4. The van der Waals surface area contributed by atoms with Gasteiger partial charge in [-0.3, -0.25) is 10.1 Å². The van der Waals surface area contributed by atoms with Crippen molar-refractivity contribution in [2.45, 2.75) is 0 Å². The molecule has 7 nitrogen and oxygen atoms in total. The van der Waals surface area contributed by atoms with Gasteiger partial charge >= 0.3 is 5.69 Å². The number of halogens is 2. The van der Waals surface area contributed by atoms with E-state index < -0.39 is 10.7 Å². The molecule has 2 N–H and O–H groups in total. The zero-order chi connectivity index (χ0) is 14.7. The normalized spacial score (nSPS) is 10.2. The van der Waals surface area contributed by atoms with Crippen LogP contribution in [-0.2, 0) is 0 Å². The number of hydrogen-bond donors (Lipinski definition) is 2. The average Bonchev–Trinajstić information content (AvgIpc) is 2.41. The van der Waals surface area contributed by atoms with E-state index in [2.05, 4.69) is 36.5 Å². The molecular weight excluding hydrogens is 333 g/mol. The maximum atomic E-state index is 13.7. The van der Waals surface area contributed by atoms with Crippen LogP contribution in [0.15, 0.2) is 29.0 Å². The minimum absolute atomic E-state index is 0.0463. The van der Waals surface area contributed by atoms with E-state index in [0.717, 1.165) is 6.33 Å². The number of aromatic nitrogens is 2. The summed E-state index contributed by atoms with van der Waals surface area (Å²) in [6, 6.07) is 4.30. The first kappa shape index (κ1) is 14.1. The molecule has 0 unspecified atom stereocenters. The van der Waals surface area contributed by atoms with Crippen LogP contribution in [0, 0.1) is 15.9 Å². The van der Waals surface area contributed by atoms with Gasteiger partial charge in [-0.2, -0.15) is 0 Å². The Kier molecular flexibility index (Phi) is 4.08. The average molecular weight is 342 g/mol. The number of hydrogen-bond acceptors (Lipinski definition) is 6. The molecule has 0 aliphatic carbocycles. The second-order valence-corrected chi connectivity index (χ2v) is 4.59. The van der Waals surface area contributed by atoms with Gasteiger partial charge in [0.1, 0.15) is 12.1 Å². The molecule has 0 fully saturated rings. The third-order valence-corrected chi connectivity index (χ3v) is 2.92. The second-order valence-electron chi connectivity index (χ2n) is 3.68. The van der Waals surface area contributed by atoms with Crippen LogP contribution in [-0.4, -0.2) is 21.9 Å². The molecule has 0 bridgehead atoms. The third kappa shape index (κ3) is 2.82. The van der Waals surface area contributed by atoms with Gasteiger partial charge in [0, 0.05) is 11.5 Å². The van der Waals surface area contributed by atoms with Gasteiger partial charge in [0.25, 0.3) is 0 Å². The van der Waals surface area contributed by atoms with Crippen molar-refractivity contribution in [2.24, 2.45) is 0 Å². The molecule has 0 aliphatic rings. The third-order valence-electron chi connectivity index (χ3n) is 2.43. The van der Waals surface area contributed by atoms with Crippen LogP contribution in [0.1, 0.15) is 0 Å². The van der Waals surface area contributed by atoms with Gasteiger partial charge in [0.05, 0.1) is 10.6 Å². The molecule has 1 heterocycles. The van der Waals surface area contributed by atoms with Crippen LogP contribution in [0.3, 0.4) is 0 Å². The minimum Gasteiger partial charge on any atom is -0.367 e. The van der Waals surface area contributed by atoms with Crippen molar-refractivity contribution >= 4 is 38.9 Å². The van der Waals surface area contributed by atoms with Crippen molar-refractivity contribution in [1.82, 2.24) is 9.97 Å². The number of nitro groups is 1. The highest BCUT2D eigenvalue weighted by Crippen LogP contribution is 2.31. The highest BCUT2D eigenvalue weighted by Gasteiger charge is 2.22. The summed E-state index contributed by atoms with van der Waals surface area (Å²) in [6.45, 7) is 0. The van der Waals surface area contributed by atoms with Gasteiger partial charge in [-0.1, -0.05) is 15.9 Å². The summed E-state index contributed by atoms with van der Waals surface area (Å²) in [5.74, 6) is -0.598. The minimum atomic E-state index is -0.634. The van der Waals surface area contributed by atoms with Crippen LogP contribution in [0.5, 0.6) is 0 Å². The monoisotopic (exact) mass is 341 g/mol. The molecule has 0 radical (unpaired) electrons. The molecule has 0 atom stereocenters. The van der Waals surface area contributed by atoms with Gasteiger partial charge in [0.2, 0.25) is 11.6 Å². The highest BCUT2D eigenvalue weighted by atomic mass is 79.9. The van der Waals surface area contributed by atoms with E-state index in [4.69, 9.17) is 0 Å². The van der Waals surface area contributed by atoms with Gasteiger partial charge in [-0.15, -0.1) is 0 Å². The van der Waals surface area contributed by atoms with Crippen molar-refractivity contribution in [3.63, 3.8) is 0 Å². The molecular formula is C11H9BrFN5O2. The first-order chi connectivity index (χ1) is 9.52. The fraction of sp³-hybridized carbons (Fsp3) is 0.0909. The summed E-state index contributed by atoms with van der Waals surface area (Å²) < 4.78 is 14.3. The van der Waals surface area contributed by atoms with E-state index in [1.165, 1.54) is 19.2 Å². The Morgan fingerprint density at radius 3 is 2.65 bits per heavy atom. The first-order valence-electron chi connectivity index (χ1n) is 5.42. The van der Waals surface area contributed by atoms with Crippen molar-refractivity contribution in [3.8, 4) is 0 Å². The Balaban J connectivity index is 2.45. The van der Waals surface area contributed by atoms with Crippen molar-refractivity contribution < 1.29 is 9.31 Å². The maximum absolute atomic E-state index is 13.7. The predicted octanol–water partition coefficient (Wildman–Crippen LogP) is 3.07. The fourth-order valence-corrected chi connectivity index (χ4v) is 1.88. The van der Waals surface area contributed by atoms with E-state index in [1.807, 2.05) is 0 Å². The molecule has 9 heteroatoms. The smallest absolute Gasteiger partial charge is 0.353 e. The summed E-state index contributed by atoms with van der Waals surface area (Å²) >= 11 is 3.13. The molecule has 0 spiro atoms. The predicted molar refractivity (Wildman–Crippen MR) is 75.6 cm³/mol. The highest BCUT2D eigenvalue weighted by molar-refractivity contribution is 9.10. The van der Waals surface area contributed by atoms with E-state index in [9.17, 15) is 14.5 Å². The van der Waals surface area contributed by atoms with Gasteiger partial charge in [-0.25, -0.2) is 14.4 Å². The second kappa shape index (κ2) is 5.78.